The van der Waals surface area contributed by atoms with E-state index in [-0.39, 0.29) is 6.09 Å². The third-order valence-electron chi connectivity index (χ3n) is 5.50. The number of carbonyl (C=O) groups excluding carboxylic acids is 1. The van der Waals surface area contributed by atoms with E-state index in [1.807, 2.05) is 55.3 Å². The first kappa shape index (κ1) is 20.7. The molecule has 1 saturated heterocycles. The Hall–Kier alpha value is -2.53. The third-order valence-corrected chi connectivity index (χ3v) is 5.80. The van der Waals surface area contributed by atoms with Crippen molar-refractivity contribution in [2.24, 2.45) is 0 Å². The summed E-state index contributed by atoms with van der Waals surface area (Å²) < 4.78 is 7.43. The largest absolute Gasteiger partial charge is 0.444 e. The lowest BCUT2D eigenvalue weighted by atomic mass is 9.90. The summed E-state index contributed by atoms with van der Waals surface area (Å²) in [5.74, 6) is 0.321. The number of nitrogens with zero attached hydrogens (tertiary/aromatic N) is 3. The molecule has 158 valence electrons. The maximum Gasteiger partial charge on any atom is 0.410 e. The molecule has 3 aromatic rings. The molecule has 0 aliphatic carbocycles. The highest BCUT2D eigenvalue weighted by Crippen LogP contribution is 2.30. The Morgan fingerprint density at radius 3 is 2.60 bits per heavy atom. The lowest BCUT2D eigenvalue weighted by Gasteiger charge is -2.34. The van der Waals surface area contributed by atoms with Crippen LogP contribution in [0.1, 0.15) is 50.8 Å². The number of hydrogen-bond acceptors (Lipinski definition) is 3. The molecule has 0 saturated carbocycles. The van der Waals surface area contributed by atoms with E-state index in [1.165, 1.54) is 5.56 Å². The molecule has 0 spiro atoms. The number of likely N-dealkylation sites (tertiary alicyclic amines) is 1. The fourth-order valence-corrected chi connectivity index (χ4v) is 4.31. The number of ether oxygens (including phenoxy) is 1. The summed E-state index contributed by atoms with van der Waals surface area (Å²) in [5.41, 5.74) is 4.67. The molecule has 6 heteroatoms. The molecule has 3 heterocycles. The number of halogens is 1. The Morgan fingerprint density at radius 1 is 1.17 bits per heavy atom. The zero-order valence-electron chi connectivity index (χ0n) is 18.0. The van der Waals surface area contributed by atoms with Gasteiger partial charge in [-0.15, -0.1) is 0 Å². The molecule has 1 fully saturated rings. The van der Waals surface area contributed by atoms with Crippen LogP contribution in [0.15, 0.2) is 42.5 Å². The minimum absolute atomic E-state index is 0.220. The van der Waals surface area contributed by atoms with Gasteiger partial charge in [0.2, 0.25) is 0 Å². The van der Waals surface area contributed by atoms with Gasteiger partial charge in [-0.25, -0.2) is 9.31 Å². The Kier molecular flexibility index (Phi) is 5.49. The Balaban J connectivity index is 1.51. The number of amides is 1. The van der Waals surface area contributed by atoms with Gasteiger partial charge < -0.3 is 9.64 Å². The van der Waals surface area contributed by atoms with Crippen LogP contribution in [0.25, 0.3) is 16.8 Å². The molecule has 30 heavy (non-hydrogen) atoms. The maximum atomic E-state index is 12.4. The van der Waals surface area contributed by atoms with Gasteiger partial charge in [-0.1, -0.05) is 35.9 Å². The molecule has 0 bridgehead atoms. The highest BCUT2D eigenvalue weighted by atomic mass is 35.5. The summed E-state index contributed by atoms with van der Waals surface area (Å²) in [6.45, 7) is 9.16. The van der Waals surface area contributed by atoms with Crippen LogP contribution in [0.3, 0.4) is 0 Å². The first-order valence-electron chi connectivity index (χ1n) is 10.4. The average molecular weight is 426 g/mol. The van der Waals surface area contributed by atoms with Gasteiger partial charge in [-0.3, -0.25) is 0 Å². The van der Waals surface area contributed by atoms with Crippen LogP contribution in [0.5, 0.6) is 0 Å². The molecule has 1 amide bonds. The summed E-state index contributed by atoms with van der Waals surface area (Å²) in [4.78, 5) is 14.3. The number of aromatic nitrogens is 2. The second-order valence-corrected chi connectivity index (χ2v) is 9.44. The SMILES string of the molecule is Cc1cc(Cl)c2ccc(-c3ccc([C@H]4CCCN(C(=O)OC(C)(C)C)C4)cc3)nn12. The molecular formula is C24H28ClN3O2. The zero-order valence-corrected chi connectivity index (χ0v) is 18.7. The molecule has 4 rings (SSSR count). The van der Waals surface area contributed by atoms with Crippen molar-refractivity contribution in [1.29, 1.82) is 0 Å². The fraction of sp³-hybridized carbons (Fsp3) is 0.417. The van der Waals surface area contributed by atoms with E-state index >= 15 is 0 Å². The van der Waals surface area contributed by atoms with Crippen molar-refractivity contribution in [3.63, 3.8) is 0 Å². The summed E-state index contributed by atoms with van der Waals surface area (Å²) in [6, 6.07) is 14.5. The highest BCUT2D eigenvalue weighted by Gasteiger charge is 2.28. The number of aryl methyl sites for hydroxylation is 1. The molecule has 1 atom stereocenters. The predicted molar refractivity (Wildman–Crippen MR) is 120 cm³/mol. The van der Waals surface area contributed by atoms with Crippen LogP contribution in [-0.2, 0) is 4.74 Å². The predicted octanol–water partition coefficient (Wildman–Crippen LogP) is 6.08. The Labute approximate surface area is 182 Å². The summed E-state index contributed by atoms with van der Waals surface area (Å²) >= 11 is 6.25. The highest BCUT2D eigenvalue weighted by molar-refractivity contribution is 6.34. The van der Waals surface area contributed by atoms with Crippen LogP contribution in [0, 0.1) is 6.92 Å². The smallest absolute Gasteiger partial charge is 0.410 e. The van der Waals surface area contributed by atoms with E-state index < -0.39 is 5.60 Å². The van der Waals surface area contributed by atoms with Crippen molar-refractivity contribution in [2.45, 2.75) is 52.1 Å². The molecule has 2 aromatic heterocycles. The Morgan fingerprint density at radius 2 is 1.90 bits per heavy atom. The standard InChI is InChI=1S/C24H28ClN3O2/c1-16-14-20(25)22-12-11-21(26-28(16)22)18-9-7-17(8-10-18)19-6-5-13-27(15-19)23(29)30-24(2,3)4/h7-12,14,19H,5-6,13,15H2,1-4H3/t19-/m0/s1. The van der Waals surface area contributed by atoms with Crippen molar-refractivity contribution < 1.29 is 9.53 Å². The molecule has 0 unspecified atom stereocenters. The van der Waals surface area contributed by atoms with Crippen LogP contribution in [-0.4, -0.2) is 39.3 Å². The van der Waals surface area contributed by atoms with E-state index in [0.717, 1.165) is 41.9 Å². The van der Waals surface area contributed by atoms with Crippen molar-refractivity contribution in [3.8, 4) is 11.3 Å². The monoisotopic (exact) mass is 425 g/mol. The van der Waals surface area contributed by atoms with E-state index in [9.17, 15) is 4.79 Å². The molecule has 5 nitrogen and oxygen atoms in total. The molecule has 0 radical (unpaired) electrons. The van der Waals surface area contributed by atoms with Gasteiger partial charge in [0.15, 0.2) is 0 Å². The molecule has 1 aliphatic heterocycles. The maximum absolute atomic E-state index is 12.4. The summed E-state index contributed by atoms with van der Waals surface area (Å²) in [7, 11) is 0. The minimum Gasteiger partial charge on any atom is -0.444 e. The van der Waals surface area contributed by atoms with Gasteiger partial charge in [0, 0.05) is 30.3 Å². The second kappa shape index (κ2) is 7.95. The van der Waals surface area contributed by atoms with Crippen molar-refractivity contribution >= 4 is 23.2 Å². The van der Waals surface area contributed by atoms with Crippen molar-refractivity contribution in [3.05, 3.63) is 58.7 Å². The van der Waals surface area contributed by atoms with Gasteiger partial charge in [0.25, 0.3) is 0 Å². The van der Waals surface area contributed by atoms with Crippen molar-refractivity contribution in [2.75, 3.05) is 13.1 Å². The van der Waals surface area contributed by atoms with E-state index in [2.05, 4.69) is 24.3 Å². The number of piperidine rings is 1. The minimum atomic E-state index is -0.470. The molecule has 1 aromatic carbocycles. The van der Waals surface area contributed by atoms with Crippen LogP contribution < -0.4 is 0 Å². The van der Waals surface area contributed by atoms with Crippen LogP contribution in [0.2, 0.25) is 5.02 Å². The van der Waals surface area contributed by atoms with Gasteiger partial charge in [-0.2, -0.15) is 5.10 Å². The second-order valence-electron chi connectivity index (χ2n) is 9.04. The first-order chi connectivity index (χ1) is 14.2. The number of benzene rings is 1. The topological polar surface area (TPSA) is 46.8 Å². The van der Waals surface area contributed by atoms with Gasteiger partial charge >= 0.3 is 6.09 Å². The number of fused-ring (bicyclic) bond motifs is 1. The third kappa shape index (κ3) is 4.31. The molecular weight excluding hydrogens is 398 g/mol. The fourth-order valence-electron chi connectivity index (χ4n) is 4.01. The molecule has 0 N–H and O–H groups in total. The quantitative estimate of drug-likeness (QED) is 0.500. The average Bonchev–Trinajstić information content (AvgIpc) is 3.00. The zero-order chi connectivity index (χ0) is 21.5. The summed E-state index contributed by atoms with van der Waals surface area (Å²) in [5, 5.41) is 5.46. The van der Waals surface area contributed by atoms with Crippen molar-refractivity contribution in [1.82, 2.24) is 14.5 Å². The van der Waals surface area contributed by atoms with E-state index in [1.54, 1.807) is 0 Å². The van der Waals surface area contributed by atoms with E-state index in [0.29, 0.717) is 17.5 Å². The van der Waals surface area contributed by atoms with Gasteiger partial charge in [-0.05, 0) is 64.3 Å². The van der Waals surface area contributed by atoms with Crippen LogP contribution in [0.4, 0.5) is 4.79 Å². The Bertz CT molecular complexity index is 1070. The number of hydrogen-bond donors (Lipinski definition) is 0. The summed E-state index contributed by atoms with van der Waals surface area (Å²) in [6.07, 6.45) is 1.84. The first-order valence-corrected chi connectivity index (χ1v) is 10.8. The number of rotatable bonds is 2. The molecule has 1 aliphatic rings. The number of carbonyl (C=O) groups is 1. The lowest BCUT2D eigenvalue weighted by molar-refractivity contribution is 0.0198. The van der Waals surface area contributed by atoms with Gasteiger partial charge in [0.05, 0.1) is 16.2 Å². The lowest BCUT2D eigenvalue weighted by Crippen LogP contribution is -2.42. The van der Waals surface area contributed by atoms with Gasteiger partial charge in [0.1, 0.15) is 5.60 Å². The van der Waals surface area contributed by atoms with Crippen LogP contribution >= 0.6 is 11.6 Å². The van der Waals surface area contributed by atoms with E-state index in [4.69, 9.17) is 21.4 Å². The normalized spacial score (nSPS) is 17.4.